The van der Waals surface area contributed by atoms with Crippen LogP contribution in [0, 0.1) is 5.82 Å². The summed E-state index contributed by atoms with van der Waals surface area (Å²) in [7, 11) is 0. The van der Waals surface area contributed by atoms with E-state index in [1.54, 1.807) is 18.3 Å². The Hall–Kier alpha value is -1.92. The predicted octanol–water partition coefficient (Wildman–Crippen LogP) is 4.14. The van der Waals surface area contributed by atoms with Crippen LogP contribution in [0.5, 0.6) is 0 Å². The van der Waals surface area contributed by atoms with E-state index in [4.69, 9.17) is 16.0 Å². The number of halogens is 2. The lowest BCUT2D eigenvalue weighted by Crippen LogP contribution is -1.94. The summed E-state index contributed by atoms with van der Waals surface area (Å²) in [5.74, 6) is 0.576. The van der Waals surface area contributed by atoms with Crippen molar-refractivity contribution in [2.24, 2.45) is 0 Å². The third kappa shape index (κ3) is 3.64. The van der Waals surface area contributed by atoms with Crippen LogP contribution >= 0.6 is 23.4 Å². The first-order valence-corrected chi connectivity index (χ1v) is 7.86. The van der Waals surface area contributed by atoms with Crippen molar-refractivity contribution in [1.29, 1.82) is 0 Å². The lowest BCUT2D eigenvalue weighted by molar-refractivity contribution is 0.418. The van der Waals surface area contributed by atoms with E-state index in [1.165, 1.54) is 17.8 Å². The molecule has 3 aromatic rings. The maximum Gasteiger partial charge on any atom is 0.276 e. The highest BCUT2D eigenvalue weighted by Crippen LogP contribution is 2.24. The zero-order valence-electron chi connectivity index (χ0n) is 11.4. The molecule has 7 heteroatoms. The molecule has 22 heavy (non-hydrogen) atoms. The van der Waals surface area contributed by atoms with Crippen LogP contribution in [-0.2, 0) is 12.2 Å². The van der Waals surface area contributed by atoms with Crippen LogP contribution in [0.1, 0.15) is 17.1 Å². The normalized spacial score (nSPS) is 10.8. The zero-order valence-corrected chi connectivity index (χ0v) is 12.9. The molecule has 2 aromatic heterocycles. The molecule has 112 valence electrons. The largest absolute Gasteiger partial charge is 0.416 e. The fourth-order valence-corrected chi connectivity index (χ4v) is 2.77. The fraction of sp³-hybridized carbons (Fsp3) is 0.133. The number of rotatable bonds is 5. The number of thioether (sulfide) groups is 1. The highest BCUT2D eigenvalue weighted by Gasteiger charge is 2.13. The number of hydrogen-bond acceptors (Lipinski definition) is 5. The van der Waals surface area contributed by atoms with Crippen LogP contribution in [0.25, 0.3) is 0 Å². The van der Waals surface area contributed by atoms with Gasteiger partial charge >= 0.3 is 0 Å². The molecule has 0 aliphatic carbocycles. The molecule has 0 radical (unpaired) electrons. The number of aromatic nitrogens is 3. The summed E-state index contributed by atoms with van der Waals surface area (Å²) in [5.41, 5.74) is 1.28. The van der Waals surface area contributed by atoms with Gasteiger partial charge in [-0.3, -0.25) is 4.98 Å². The summed E-state index contributed by atoms with van der Waals surface area (Å²) in [4.78, 5) is 4.21. The van der Waals surface area contributed by atoms with Crippen LogP contribution in [0.4, 0.5) is 4.39 Å². The third-order valence-electron chi connectivity index (χ3n) is 2.91. The smallest absolute Gasteiger partial charge is 0.276 e. The molecule has 0 spiro atoms. The van der Waals surface area contributed by atoms with Crippen molar-refractivity contribution in [3.63, 3.8) is 0 Å². The van der Waals surface area contributed by atoms with E-state index < -0.39 is 0 Å². The maximum absolute atomic E-state index is 13.7. The number of hydrogen-bond donors (Lipinski definition) is 0. The van der Waals surface area contributed by atoms with Crippen LogP contribution in [0.15, 0.2) is 52.2 Å². The van der Waals surface area contributed by atoms with Gasteiger partial charge in [-0.05, 0) is 24.3 Å². The van der Waals surface area contributed by atoms with E-state index in [2.05, 4.69) is 15.2 Å². The van der Waals surface area contributed by atoms with E-state index in [9.17, 15) is 4.39 Å². The Kier molecular flexibility index (Phi) is 4.70. The van der Waals surface area contributed by atoms with Gasteiger partial charge in [-0.1, -0.05) is 35.5 Å². The molecule has 0 unspecified atom stereocenters. The van der Waals surface area contributed by atoms with Gasteiger partial charge in [0.25, 0.3) is 5.22 Å². The summed E-state index contributed by atoms with van der Waals surface area (Å²) in [6.45, 7) is 0. The van der Waals surface area contributed by atoms with Gasteiger partial charge < -0.3 is 4.42 Å². The first-order valence-electron chi connectivity index (χ1n) is 6.50. The Bertz CT molecular complexity index is 746. The second-order valence-corrected chi connectivity index (χ2v) is 5.78. The highest BCUT2D eigenvalue weighted by atomic mass is 35.5. The average Bonchev–Trinajstić information content (AvgIpc) is 2.98. The van der Waals surface area contributed by atoms with Crippen molar-refractivity contribution in [1.82, 2.24) is 15.2 Å². The molecule has 0 fully saturated rings. The molecule has 0 saturated carbocycles. The summed E-state index contributed by atoms with van der Waals surface area (Å²) >= 11 is 7.37. The molecule has 3 rings (SSSR count). The molecule has 0 atom stereocenters. The van der Waals surface area contributed by atoms with Gasteiger partial charge in [-0.25, -0.2) is 4.39 Å². The zero-order chi connectivity index (χ0) is 15.4. The molecule has 1 aromatic carbocycles. The average molecular weight is 336 g/mol. The Morgan fingerprint density at radius 3 is 2.82 bits per heavy atom. The Balaban J connectivity index is 1.66. The molecule has 0 saturated heterocycles. The summed E-state index contributed by atoms with van der Waals surface area (Å²) < 4.78 is 19.2. The monoisotopic (exact) mass is 335 g/mol. The highest BCUT2D eigenvalue weighted by molar-refractivity contribution is 7.98. The molecular weight excluding hydrogens is 325 g/mol. The minimum Gasteiger partial charge on any atom is -0.416 e. The Morgan fingerprint density at radius 2 is 2.05 bits per heavy atom. The standard InChI is InChI=1S/C15H11ClFN3OS/c16-12-5-3-6-13(17)11(12)8-14-19-20-15(21-14)22-9-10-4-1-2-7-18-10/h1-7H,8-9H2. The van der Waals surface area contributed by atoms with Gasteiger partial charge in [0.1, 0.15) is 5.82 Å². The van der Waals surface area contributed by atoms with Crippen LogP contribution < -0.4 is 0 Å². The molecule has 0 aliphatic heterocycles. The Labute approximate surface area is 135 Å². The molecule has 2 heterocycles. The number of nitrogens with zero attached hydrogens (tertiary/aromatic N) is 3. The van der Waals surface area contributed by atoms with E-state index in [1.807, 2.05) is 18.2 Å². The van der Waals surface area contributed by atoms with Gasteiger partial charge in [0.15, 0.2) is 0 Å². The van der Waals surface area contributed by atoms with Gasteiger partial charge in [0, 0.05) is 22.5 Å². The van der Waals surface area contributed by atoms with E-state index in [0.29, 0.717) is 27.5 Å². The second kappa shape index (κ2) is 6.89. The molecule has 0 N–H and O–H groups in total. The predicted molar refractivity (Wildman–Crippen MR) is 82.3 cm³/mol. The van der Waals surface area contributed by atoms with Gasteiger partial charge in [-0.2, -0.15) is 0 Å². The third-order valence-corrected chi connectivity index (χ3v) is 4.11. The molecule has 0 amide bonds. The Morgan fingerprint density at radius 1 is 1.14 bits per heavy atom. The van der Waals surface area contributed by atoms with Crippen LogP contribution in [-0.4, -0.2) is 15.2 Å². The van der Waals surface area contributed by atoms with Crippen molar-refractivity contribution < 1.29 is 8.81 Å². The van der Waals surface area contributed by atoms with Crippen molar-refractivity contribution in [2.45, 2.75) is 17.4 Å². The summed E-state index contributed by atoms with van der Waals surface area (Å²) in [6, 6.07) is 10.2. The maximum atomic E-state index is 13.7. The number of benzene rings is 1. The fourth-order valence-electron chi connectivity index (χ4n) is 1.84. The second-order valence-electron chi connectivity index (χ2n) is 4.45. The first-order chi connectivity index (χ1) is 10.7. The van der Waals surface area contributed by atoms with Crippen molar-refractivity contribution in [3.05, 3.63) is 70.6 Å². The van der Waals surface area contributed by atoms with Crippen molar-refractivity contribution in [2.75, 3.05) is 0 Å². The first kappa shape index (κ1) is 15.0. The SMILES string of the molecule is Fc1cccc(Cl)c1Cc1nnc(SCc2ccccn2)o1. The van der Waals surface area contributed by atoms with E-state index in [0.717, 1.165) is 5.69 Å². The lowest BCUT2D eigenvalue weighted by atomic mass is 10.1. The van der Waals surface area contributed by atoms with Gasteiger partial charge in [0.05, 0.1) is 12.1 Å². The summed E-state index contributed by atoms with van der Waals surface area (Å²) in [5, 5.41) is 8.63. The van der Waals surface area contributed by atoms with E-state index >= 15 is 0 Å². The minimum atomic E-state index is -0.381. The number of pyridine rings is 1. The molecule has 0 aliphatic rings. The van der Waals surface area contributed by atoms with Crippen LogP contribution in [0.2, 0.25) is 5.02 Å². The lowest BCUT2D eigenvalue weighted by Gasteiger charge is -2.02. The van der Waals surface area contributed by atoms with Gasteiger partial charge in [-0.15, -0.1) is 10.2 Å². The van der Waals surface area contributed by atoms with Crippen molar-refractivity contribution in [3.8, 4) is 0 Å². The topological polar surface area (TPSA) is 51.8 Å². The molecular formula is C15H11ClFN3OS. The van der Waals surface area contributed by atoms with E-state index in [-0.39, 0.29) is 12.2 Å². The quantitative estimate of drug-likeness (QED) is 0.656. The molecule has 4 nitrogen and oxygen atoms in total. The molecule has 0 bridgehead atoms. The minimum absolute atomic E-state index is 0.169. The van der Waals surface area contributed by atoms with Gasteiger partial charge in [0.2, 0.25) is 5.89 Å². The summed E-state index contributed by atoms with van der Waals surface area (Å²) in [6.07, 6.45) is 1.90. The van der Waals surface area contributed by atoms with Crippen LogP contribution in [0.3, 0.4) is 0 Å². The van der Waals surface area contributed by atoms with Crippen molar-refractivity contribution >= 4 is 23.4 Å².